The van der Waals surface area contributed by atoms with E-state index in [1.807, 2.05) is 24.3 Å². The summed E-state index contributed by atoms with van der Waals surface area (Å²) < 4.78 is 0.745. The number of fused-ring (bicyclic) bond motifs is 1. The Morgan fingerprint density at radius 3 is 3.00 bits per heavy atom. The maximum atomic E-state index is 12.2. The Morgan fingerprint density at radius 1 is 1.30 bits per heavy atom. The molecule has 0 radical (unpaired) electrons. The molecular weight excluding hydrogens is 292 g/mol. The Balaban J connectivity index is 1.67. The van der Waals surface area contributed by atoms with Crippen molar-refractivity contribution in [1.29, 1.82) is 0 Å². The molecule has 0 fully saturated rings. The molecule has 0 aliphatic carbocycles. The second kappa shape index (κ2) is 5.95. The maximum Gasteiger partial charge on any atom is 0.251 e. The van der Waals surface area contributed by atoms with Crippen molar-refractivity contribution < 1.29 is 4.79 Å². The number of rotatable bonds is 3. The van der Waals surface area contributed by atoms with Gasteiger partial charge in [-0.1, -0.05) is 17.7 Å². The van der Waals surface area contributed by atoms with E-state index in [1.165, 1.54) is 22.5 Å². The summed E-state index contributed by atoms with van der Waals surface area (Å²) in [5.74, 6) is -0.0390. The van der Waals surface area contributed by atoms with Gasteiger partial charge < -0.3 is 10.6 Å². The summed E-state index contributed by atoms with van der Waals surface area (Å²) >= 11 is 7.36. The Kier molecular flexibility index (Phi) is 4.05. The molecule has 1 amide bonds. The summed E-state index contributed by atoms with van der Waals surface area (Å²) in [5.41, 5.74) is 3.28. The van der Waals surface area contributed by atoms with Gasteiger partial charge in [0.05, 0.1) is 10.9 Å². The Bertz CT molecular complexity index is 639. The Labute approximate surface area is 127 Å². The van der Waals surface area contributed by atoms with Gasteiger partial charge >= 0.3 is 0 Å². The standard InChI is InChI=1S/C15H15ClN2OS/c16-14-4-3-13(20-14)9-18-15(19)11-2-1-10-5-6-17-8-12(10)7-11/h1-4,7,17H,5-6,8-9H2,(H,18,19). The lowest BCUT2D eigenvalue weighted by Crippen LogP contribution is -2.26. The van der Waals surface area contributed by atoms with Crippen LogP contribution in [0.25, 0.3) is 0 Å². The van der Waals surface area contributed by atoms with E-state index in [0.717, 1.165) is 34.3 Å². The molecule has 104 valence electrons. The monoisotopic (exact) mass is 306 g/mol. The molecule has 0 bridgehead atoms. The van der Waals surface area contributed by atoms with Crippen molar-refractivity contribution in [3.05, 3.63) is 56.2 Å². The lowest BCUT2D eigenvalue weighted by Gasteiger charge is -2.17. The third-order valence-electron chi connectivity index (χ3n) is 3.41. The van der Waals surface area contributed by atoms with Crippen molar-refractivity contribution in [2.24, 2.45) is 0 Å². The molecule has 1 aromatic heterocycles. The number of nitrogens with one attached hydrogen (secondary N) is 2. The second-order valence-corrected chi connectivity index (χ2v) is 6.60. The fourth-order valence-corrected chi connectivity index (χ4v) is 3.37. The second-order valence-electron chi connectivity index (χ2n) is 4.80. The van der Waals surface area contributed by atoms with Gasteiger partial charge in [0.25, 0.3) is 5.91 Å². The van der Waals surface area contributed by atoms with Crippen molar-refractivity contribution in [3.8, 4) is 0 Å². The predicted octanol–water partition coefficient (Wildman–Crippen LogP) is 2.98. The number of carbonyl (C=O) groups is 1. The van der Waals surface area contributed by atoms with E-state index in [-0.39, 0.29) is 5.91 Å². The van der Waals surface area contributed by atoms with Crippen molar-refractivity contribution in [3.63, 3.8) is 0 Å². The van der Waals surface area contributed by atoms with E-state index in [1.54, 1.807) is 0 Å². The zero-order chi connectivity index (χ0) is 13.9. The highest BCUT2D eigenvalue weighted by Crippen LogP contribution is 2.21. The number of hydrogen-bond donors (Lipinski definition) is 2. The highest BCUT2D eigenvalue weighted by Gasteiger charge is 2.12. The van der Waals surface area contributed by atoms with Crippen LogP contribution < -0.4 is 10.6 Å². The number of amides is 1. The lowest BCUT2D eigenvalue weighted by atomic mass is 9.98. The molecule has 0 atom stereocenters. The fraction of sp³-hybridized carbons (Fsp3) is 0.267. The van der Waals surface area contributed by atoms with Crippen molar-refractivity contribution in [1.82, 2.24) is 10.6 Å². The number of benzene rings is 1. The summed E-state index contributed by atoms with van der Waals surface area (Å²) in [5, 5.41) is 6.25. The SMILES string of the molecule is O=C(NCc1ccc(Cl)s1)c1ccc2c(c1)CNCC2. The number of carbonyl (C=O) groups excluding carboxylic acids is 1. The average molecular weight is 307 g/mol. The number of halogens is 1. The summed E-state index contributed by atoms with van der Waals surface area (Å²) in [4.78, 5) is 13.2. The average Bonchev–Trinajstić information content (AvgIpc) is 2.90. The van der Waals surface area contributed by atoms with E-state index >= 15 is 0 Å². The first-order valence-electron chi connectivity index (χ1n) is 6.57. The van der Waals surface area contributed by atoms with Crippen LogP contribution in [-0.4, -0.2) is 12.5 Å². The van der Waals surface area contributed by atoms with Gasteiger partial charge in [-0.3, -0.25) is 4.79 Å². The summed E-state index contributed by atoms with van der Waals surface area (Å²) in [7, 11) is 0. The minimum absolute atomic E-state index is 0.0390. The smallest absolute Gasteiger partial charge is 0.251 e. The molecule has 1 aliphatic heterocycles. The van der Waals surface area contributed by atoms with Gasteiger partial charge in [-0.25, -0.2) is 0 Å². The quantitative estimate of drug-likeness (QED) is 0.915. The molecule has 20 heavy (non-hydrogen) atoms. The van der Waals surface area contributed by atoms with Crippen LogP contribution in [0.1, 0.15) is 26.4 Å². The fourth-order valence-electron chi connectivity index (χ4n) is 2.34. The topological polar surface area (TPSA) is 41.1 Å². The van der Waals surface area contributed by atoms with Crippen LogP contribution in [0.5, 0.6) is 0 Å². The third kappa shape index (κ3) is 3.03. The van der Waals surface area contributed by atoms with Gasteiger partial charge in [0.1, 0.15) is 0 Å². The molecular formula is C15H15ClN2OS. The van der Waals surface area contributed by atoms with Gasteiger partial charge in [0.15, 0.2) is 0 Å². The molecule has 2 N–H and O–H groups in total. The lowest BCUT2D eigenvalue weighted by molar-refractivity contribution is 0.0951. The Morgan fingerprint density at radius 2 is 2.20 bits per heavy atom. The summed E-state index contributed by atoms with van der Waals surface area (Å²) in [6.45, 7) is 2.38. The third-order valence-corrected chi connectivity index (χ3v) is 4.64. The first kappa shape index (κ1) is 13.6. The van der Waals surface area contributed by atoms with Gasteiger partial charge in [0, 0.05) is 17.0 Å². The Hall–Kier alpha value is -1.36. The van der Waals surface area contributed by atoms with Gasteiger partial charge in [0.2, 0.25) is 0 Å². The van der Waals surface area contributed by atoms with Gasteiger partial charge in [-0.2, -0.15) is 0 Å². The predicted molar refractivity (Wildman–Crippen MR) is 82.4 cm³/mol. The van der Waals surface area contributed by atoms with E-state index in [4.69, 9.17) is 11.6 Å². The van der Waals surface area contributed by atoms with Crippen LogP contribution in [-0.2, 0) is 19.5 Å². The molecule has 3 rings (SSSR count). The van der Waals surface area contributed by atoms with Crippen LogP contribution in [0.3, 0.4) is 0 Å². The van der Waals surface area contributed by atoms with E-state index in [9.17, 15) is 4.79 Å². The molecule has 2 aromatic rings. The highest BCUT2D eigenvalue weighted by atomic mass is 35.5. The van der Waals surface area contributed by atoms with Crippen LogP contribution in [0.15, 0.2) is 30.3 Å². The first-order valence-corrected chi connectivity index (χ1v) is 7.77. The molecule has 0 unspecified atom stereocenters. The molecule has 1 aliphatic rings. The summed E-state index contributed by atoms with van der Waals surface area (Å²) in [6, 6.07) is 9.73. The maximum absolute atomic E-state index is 12.2. The van der Waals surface area contributed by atoms with Crippen molar-refractivity contribution in [2.45, 2.75) is 19.5 Å². The molecule has 0 saturated heterocycles. The van der Waals surface area contributed by atoms with Crippen LogP contribution in [0.4, 0.5) is 0 Å². The highest BCUT2D eigenvalue weighted by molar-refractivity contribution is 7.16. The zero-order valence-corrected chi connectivity index (χ0v) is 12.5. The molecule has 5 heteroatoms. The van der Waals surface area contributed by atoms with Crippen LogP contribution >= 0.6 is 22.9 Å². The van der Waals surface area contributed by atoms with Crippen LogP contribution in [0, 0.1) is 0 Å². The molecule has 1 aromatic carbocycles. The molecule has 3 nitrogen and oxygen atoms in total. The van der Waals surface area contributed by atoms with Crippen molar-refractivity contribution in [2.75, 3.05) is 6.54 Å². The molecule has 0 spiro atoms. The summed E-state index contributed by atoms with van der Waals surface area (Å²) in [6.07, 6.45) is 1.03. The van der Waals surface area contributed by atoms with Crippen LogP contribution in [0.2, 0.25) is 4.34 Å². The first-order chi connectivity index (χ1) is 9.72. The largest absolute Gasteiger partial charge is 0.347 e. The minimum Gasteiger partial charge on any atom is -0.347 e. The molecule has 0 saturated carbocycles. The molecule has 2 heterocycles. The van der Waals surface area contributed by atoms with Crippen molar-refractivity contribution >= 4 is 28.8 Å². The van der Waals surface area contributed by atoms with E-state index in [2.05, 4.69) is 16.7 Å². The van der Waals surface area contributed by atoms with Gasteiger partial charge in [-0.05, 0) is 48.4 Å². The van der Waals surface area contributed by atoms with Gasteiger partial charge in [-0.15, -0.1) is 11.3 Å². The minimum atomic E-state index is -0.0390. The van der Waals surface area contributed by atoms with E-state index < -0.39 is 0 Å². The number of thiophene rings is 1. The number of hydrogen-bond acceptors (Lipinski definition) is 3. The van der Waals surface area contributed by atoms with E-state index in [0.29, 0.717) is 6.54 Å². The normalized spacial score (nSPS) is 13.8. The zero-order valence-electron chi connectivity index (χ0n) is 10.9.